The highest BCUT2D eigenvalue weighted by Crippen LogP contribution is 2.33. The zero-order chi connectivity index (χ0) is 22.4. The second-order valence-corrected chi connectivity index (χ2v) is 8.94. The van der Waals surface area contributed by atoms with E-state index in [1.54, 1.807) is 0 Å². The standard InChI is InChI=1S/C27H28N6/c1-3-18-6-4-7-19(16-18)20-10-11-22-21(17-20)25(31-30-22)27-28-23-8-5-9-24(26(23)29-27)33-14-12-32(2)13-15-33/h4-11,16-17H,3,12-15H2,1-2H3,(H,28,29)(H,30,31). The normalized spacial score (nSPS) is 15.0. The van der Waals surface area contributed by atoms with Crippen molar-refractivity contribution in [1.82, 2.24) is 25.1 Å². The Hall–Kier alpha value is -3.64. The third kappa shape index (κ3) is 3.56. The van der Waals surface area contributed by atoms with E-state index in [9.17, 15) is 0 Å². The number of hydrogen-bond acceptors (Lipinski definition) is 4. The first kappa shape index (κ1) is 20.0. The zero-order valence-electron chi connectivity index (χ0n) is 19.1. The minimum Gasteiger partial charge on any atom is -0.367 e. The maximum atomic E-state index is 5.04. The lowest BCUT2D eigenvalue weighted by molar-refractivity contribution is 0.313. The van der Waals surface area contributed by atoms with Crippen molar-refractivity contribution in [3.63, 3.8) is 0 Å². The summed E-state index contributed by atoms with van der Waals surface area (Å²) in [6, 6.07) is 21.6. The summed E-state index contributed by atoms with van der Waals surface area (Å²) in [6.07, 6.45) is 1.03. The van der Waals surface area contributed by atoms with Gasteiger partial charge in [0.1, 0.15) is 11.2 Å². The monoisotopic (exact) mass is 436 g/mol. The van der Waals surface area contributed by atoms with E-state index in [0.717, 1.165) is 66.1 Å². The molecule has 33 heavy (non-hydrogen) atoms. The van der Waals surface area contributed by atoms with Crippen LogP contribution in [0.5, 0.6) is 0 Å². The summed E-state index contributed by atoms with van der Waals surface area (Å²) in [5, 5.41) is 8.91. The van der Waals surface area contributed by atoms with Crippen molar-refractivity contribution in [2.75, 3.05) is 38.1 Å². The lowest BCUT2D eigenvalue weighted by atomic mass is 10.0. The van der Waals surface area contributed by atoms with E-state index in [1.807, 2.05) is 0 Å². The van der Waals surface area contributed by atoms with Crippen molar-refractivity contribution in [2.45, 2.75) is 13.3 Å². The molecule has 5 aromatic rings. The second-order valence-electron chi connectivity index (χ2n) is 8.94. The van der Waals surface area contributed by atoms with Gasteiger partial charge in [-0.25, -0.2) is 4.98 Å². The number of rotatable bonds is 4. The molecule has 2 N–H and O–H groups in total. The highest BCUT2D eigenvalue weighted by Gasteiger charge is 2.20. The number of para-hydroxylation sites is 1. The largest absolute Gasteiger partial charge is 0.367 e. The molecule has 0 aliphatic carbocycles. The molecule has 1 aliphatic heterocycles. The number of anilines is 1. The van der Waals surface area contributed by atoms with Gasteiger partial charge >= 0.3 is 0 Å². The van der Waals surface area contributed by atoms with Crippen molar-refractivity contribution in [3.8, 4) is 22.6 Å². The molecule has 0 amide bonds. The van der Waals surface area contributed by atoms with Crippen LogP contribution < -0.4 is 4.90 Å². The third-order valence-corrected chi connectivity index (χ3v) is 6.79. The van der Waals surface area contributed by atoms with Crippen LogP contribution in [0, 0.1) is 0 Å². The third-order valence-electron chi connectivity index (χ3n) is 6.79. The van der Waals surface area contributed by atoms with Crippen LogP contribution in [-0.4, -0.2) is 58.3 Å². The fourth-order valence-corrected chi connectivity index (χ4v) is 4.78. The van der Waals surface area contributed by atoms with E-state index in [1.165, 1.54) is 22.4 Å². The molecule has 0 spiro atoms. The maximum absolute atomic E-state index is 5.04. The van der Waals surface area contributed by atoms with Gasteiger partial charge < -0.3 is 14.8 Å². The molecule has 2 aromatic heterocycles. The van der Waals surface area contributed by atoms with E-state index in [-0.39, 0.29) is 0 Å². The smallest absolute Gasteiger partial charge is 0.159 e. The summed E-state index contributed by atoms with van der Waals surface area (Å²) in [4.78, 5) is 13.4. The van der Waals surface area contributed by atoms with Gasteiger partial charge in [-0.3, -0.25) is 5.10 Å². The summed E-state index contributed by atoms with van der Waals surface area (Å²) >= 11 is 0. The van der Waals surface area contributed by atoms with Crippen LogP contribution in [0.4, 0.5) is 5.69 Å². The van der Waals surface area contributed by atoms with Crippen LogP contribution in [0.2, 0.25) is 0 Å². The van der Waals surface area contributed by atoms with Gasteiger partial charge in [-0.15, -0.1) is 0 Å². The quantitative estimate of drug-likeness (QED) is 0.412. The number of aromatic amines is 2. The molecular formula is C27H28N6. The van der Waals surface area contributed by atoms with Gasteiger partial charge in [-0.1, -0.05) is 43.3 Å². The average molecular weight is 437 g/mol. The Balaban J connectivity index is 1.43. The fourth-order valence-electron chi connectivity index (χ4n) is 4.78. The summed E-state index contributed by atoms with van der Waals surface area (Å²) in [5.74, 6) is 0.803. The minimum atomic E-state index is 0.803. The SMILES string of the molecule is CCc1cccc(-c2ccc3[nH]nc(-c4nc5c(N6CCN(C)CC6)cccc5[nH]4)c3c2)c1. The van der Waals surface area contributed by atoms with Crippen LogP contribution in [0.25, 0.3) is 44.6 Å². The number of hydrogen-bond donors (Lipinski definition) is 2. The summed E-state index contributed by atoms with van der Waals surface area (Å²) < 4.78 is 0. The molecule has 1 aliphatic rings. The van der Waals surface area contributed by atoms with Crippen LogP contribution in [0.15, 0.2) is 60.7 Å². The Morgan fingerprint density at radius 3 is 2.55 bits per heavy atom. The number of likely N-dealkylation sites (N-methyl/N-ethyl adjacent to an activating group) is 1. The molecule has 0 saturated carbocycles. The lowest BCUT2D eigenvalue weighted by Gasteiger charge is -2.34. The molecule has 0 unspecified atom stereocenters. The van der Waals surface area contributed by atoms with Gasteiger partial charge in [0.15, 0.2) is 5.82 Å². The number of nitrogens with one attached hydrogen (secondary N) is 2. The Morgan fingerprint density at radius 2 is 1.70 bits per heavy atom. The van der Waals surface area contributed by atoms with E-state index in [2.05, 4.69) is 99.6 Å². The molecule has 6 nitrogen and oxygen atoms in total. The molecule has 3 aromatic carbocycles. The van der Waals surface area contributed by atoms with Crippen molar-refractivity contribution >= 4 is 27.6 Å². The lowest BCUT2D eigenvalue weighted by Crippen LogP contribution is -2.44. The molecular weight excluding hydrogens is 408 g/mol. The molecule has 0 atom stereocenters. The molecule has 3 heterocycles. The molecule has 1 fully saturated rings. The topological polar surface area (TPSA) is 63.8 Å². The predicted octanol–water partition coefficient (Wildman–Crippen LogP) is 5.09. The van der Waals surface area contributed by atoms with Gasteiger partial charge in [0, 0.05) is 31.6 Å². The number of fused-ring (bicyclic) bond motifs is 2. The van der Waals surface area contributed by atoms with E-state index in [4.69, 9.17) is 4.98 Å². The van der Waals surface area contributed by atoms with Crippen LogP contribution in [0.1, 0.15) is 12.5 Å². The predicted molar refractivity (Wildman–Crippen MR) is 136 cm³/mol. The van der Waals surface area contributed by atoms with Crippen molar-refractivity contribution in [3.05, 3.63) is 66.2 Å². The molecule has 166 valence electrons. The number of benzene rings is 3. The van der Waals surface area contributed by atoms with Crippen molar-refractivity contribution < 1.29 is 0 Å². The Morgan fingerprint density at radius 1 is 0.879 bits per heavy atom. The van der Waals surface area contributed by atoms with E-state index in [0.29, 0.717) is 0 Å². The average Bonchev–Trinajstić information content (AvgIpc) is 3.48. The minimum absolute atomic E-state index is 0.803. The molecule has 1 saturated heterocycles. The number of nitrogens with zero attached hydrogens (tertiary/aromatic N) is 4. The molecule has 0 radical (unpaired) electrons. The van der Waals surface area contributed by atoms with Gasteiger partial charge in [0.2, 0.25) is 0 Å². The first-order valence-corrected chi connectivity index (χ1v) is 11.7. The van der Waals surface area contributed by atoms with Gasteiger partial charge in [0.25, 0.3) is 0 Å². The highest BCUT2D eigenvalue weighted by molar-refractivity contribution is 5.97. The molecule has 0 bridgehead atoms. The summed E-state index contributed by atoms with van der Waals surface area (Å²) in [7, 11) is 2.18. The van der Waals surface area contributed by atoms with Gasteiger partial charge in [-0.2, -0.15) is 5.10 Å². The Kier molecular flexibility index (Phi) is 4.88. The summed E-state index contributed by atoms with van der Waals surface area (Å²) in [6.45, 7) is 6.36. The van der Waals surface area contributed by atoms with E-state index < -0.39 is 0 Å². The Labute approximate surface area is 193 Å². The van der Waals surface area contributed by atoms with E-state index >= 15 is 0 Å². The Bertz CT molecular complexity index is 1440. The number of H-pyrrole nitrogens is 2. The van der Waals surface area contributed by atoms with Crippen LogP contribution >= 0.6 is 0 Å². The number of piperazine rings is 1. The first-order valence-electron chi connectivity index (χ1n) is 11.7. The number of aromatic nitrogens is 4. The van der Waals surface area contributed by atoms with Crippen LogP contribution in [0.3, 0.4) is 0 Å². The zero-order valence-corrected chi connectivity index (χ0v) is 19.1. The van der Waals surface area contributed by atoms with Crippen LogP contribution in [-0.2, 0) is 6.42 Å². The number of aryl methyl sites for hydroxylation is 1. The fraction of sp³-hybridized carbons (Fsp3) is 0.259. The van der Waals surface area contributed by atoms with Gasteiger partial charge in [0.05, 0.1) is 16.7 Å². The van der Waals surface area contributed by atoms with Crippen molar-refractivity contribution in [2.24, 2.45) is 0 Å². The molecule has 6 heteroatoms. The maximum Gasteiger partial charge on any atom is 0.159 e. The second kappa shape index (κ2) is 8.05. The number of imidazole rings is 1. The van der Waals surface area contributed by atoms with Crippen molar-refractivity contribution in [1.29, 1.82) is 0 Å². The highest BCUT2D eigenvalue weighted by atomic mass is 15.3. The van der Waals surface area contributed by atoms with Gasteiger partial charge in [-0.05, 0) is 54.4 Å². The first-order chi connectivity index (χ1) is 16.2. The summed E-state index contributed by atoms with van der Waals surface area (Å²) in [5.41, 5.74) is 8.89. The molecule has 6 rings (SSSR count).